The number of rotatable bonds is 6. The van der Waals surface area contributed by atoms with Gasteiger partial charge in [-0.2, -0.15) is 0 Å². The first kappa shape index (κ1) is 13.3. The molecule has 0 aliphatic rings. The Hall–Kier alpha value is -0.760. The fraction of sp³-hybridized carbons (Fsp3) is 0.538. The van der Waals surface area contributed by atoms with Crippen LogP contribution in [0.25, 0.3) is 0 Å². The van der Waals surface area contributed by atoms with Crippen LogP contribution in [0.3, 0.4) is 0 Å². The normalized spacial score (nSPS) is 12.5. The molecule has 0 spiro atoms. The zero-order chi connectivity index (χ0) is 12.0. The summed E-state index contributed by atoms with van der Waals surface area (Å²) in [6.45, 7) is 4.27. The third kappa shape index (κ3) is 4.01. The van der Waals surface area contributed by atoms with Gasteiger partial charge < -0.3 is 5.32 Å². The summed E-state index contributed by atoms with van der Waals surface area (Å²) in [7, 11) is 0. The van der Waals surface area contributed by atoms with Crippen LogP contribution in [0.4, 0.5) is 10.1 Å². The molecule has 0 saturated heterocycles. The van der Waals surface area contributed by atoms with E-state index in [1.807, 2.05) is 0 Å². The van der Waals surface area contributed by atoms with E-state index >= 15 is 0 Å². The van der Waals surface area contributed by atoms with Crippen LogP contribution >= 0.6 is 11.6 Å². The number of halogens is 2. The highest BCUT2D eigenvalue weighted by Gasteiger charge is 2.09. The van der Waals surface area contributed by atoms with Crippen molar-refractivity contribution in [3.63, 3.8) is 0 Å². The molecule has 1 aromatic rings. The molecule has 0 aliphatic heterocycles. The van der Waals surface area contributed by atoms with Gasteiger partial charge in [0.05, 0.1) is 5.69 Å². The van der Waals surface area contributed by atoms with E-state index in [0.29, 0.717) is 16.8 Å². The molecule has 1 N–H and O–H groups in total. The van der Waals surface area contributed by atoms with Crippen LogP contribution in [0.2, 0.25) is 5.02 Å². The standard InChI is InChI=1S/C13H19ClFN/c1-3-5-6-11(4-2)16-13-9-10(14)7-8-12(13)15/h7-9,11,16H,3-6H2,1-2H3. The van der Waals surface area contributed by atoms with Gasteiger partial charge >= 0.3 is 0 Å². The minimum Gasteiger partial charge on any atom is -0.380 e. The molecule has 0 aliphatic carbocycles. The Morgan fingerprint density at radius 2 is 2.12 bits per heavy atom. The first-order valence-corrected chi connectivity index (χ1v) is 6.26. The molecule has 1 aromatic carbocycles. The molecule has 3 heteroatoms. The van der Waals surface area contributed by atoms with Crippen molar-refractivity contribution in [1.29, 1.82) is 0 Å². The Labute approximate surface area is 102 Å². The van der Waals surface area contributed by atoms with E-state index in [4.69, 9.17) is 11.6 Å². The Morgan fingerprint density at radius 1 is 1.38 bits per heavy atom. The number of anilines is 1. The summed E-state index contributed by atoms with van der Waals surface area (Å²) in [5.41, 5.74) is 0.510. The molecular weight excluding hydrogens is 225 g/mol. The van der Waals surface area contributed by atoms with E-state index in [1.165, 1.54) is 6.07 Å². The van der Waals surface area contributed by atoms with Crippen molar-refractivity contribution in [1.82, 2.24) is 0 Å². The molecule has 0 fully saturated rings. The lowest BCUT2D eigenvalue weighted by Gasteiger charge is -2.18. The lowest BCUT2D eigenvalue weighted by atomic mass is 10.1. The Morgan fingerprint density at radius 3 is 2.75 bits per heavy atom. The van der Waals surface area contributed by atoms with Gasteiger partial charge in [-0.15, -0.1) is 0 Å². The summed E-state index contributed by atoms with van der Waals surface area (Å²) in [5.74, 6) is -0.237. The second-order valence-electron chi connectivity index (χ2n) is 4.02. The van der Waals surface area contributed by atoms with Crippen LogP contribution < -0.4 is 5.32 Å². The lowest BCUT2D eigenvalue weighted by Crippen LogP contribution is -2.18. The number of hydrogen-bond donors (Lipinski definition) is 1. The van der Waals surface area contributed by atoms with Crippen LogP contribution in [0.1, 0.15) is 39.5 Å². The average molecular weight is 244 g/mol. The maximum absolute atomic E-state index is 13.5. The van der Waals surface area contributed by atoms with Gasteiger partial charge in [-0.3, -0.25) is 0 Å². The van der Waals surface area contributed by atoms with Gasteiger partial charge in [-0.05, 0) is 31.0 Å². The third-order valence-corrected chi connectivity index (χ3v) is 2.92. The predicted octanol–water partition coefficient (Wildman–Crippen LogP) is 4.86. The molecule has 0 heterocycles. The van der Waals surface area contributed by atoms with Crippen LogP contribution in [0.15, 0.2) is 18.2 Å². The van der Waals surface area contributed by atoms with E-state index < -0.39 is 0 Å². The largest absolute Gasteiger partial charge is 0.380 e. The number of hydrogen-bond acceptors (Lipinski definition) is 1. The highest BCUT2D eigenvalue weighted by Crippen LogP contribution is 2.21. The fourth-order valence-corrected chi connectivity index (χ4v) is 1.83. The van der Waals surface area contributed by atoms with Crippen molar-refractivity contribution in [2.75, 3.05) is 5.32 Å². The summed E-state index contributed by atoms with van der Waals surface area (Å²) in [6, 6.07) is 4.94. The highest BCUT2D eigenvalue weighted by molar-refractivity contribution is 6.30. The van der Waals surface area contributed by atoms with Gasteiger partial charge in [0.25, 0.3) is 0 Å². The van der Waals surface area contributed by atoms with E-state index in [2.05, 4.69) is 19.2 Å². The van der Waals surface area contributed by atoms with Crippen LogP contribution in [0.5, 0.6) is 0 Å². The second-order valence-corrected chi connectivity index (χ2v) is 4.45. The van der Waals surface area contributed by atoms with Crippen molar-refractivity contribution >= 4 is 17.3 Å². The summed E-state index contributed by atoms with van der Waals surface area (Å²) in [5, 5.41) is 3.78. The lowest BCUT2D eigenvalue weighted by molar-refractivity contribution is 0.581. The number of benzene rings is 1. The first-order chi connectivity index (χ1) is 7.67. The van der Waals surface area contributed by atoms with Crippen LogP contribution in [-0.4, -0.2) is 6.04 Å². The third-order valence-electron chi connectivity index (χ3n) is 2.69. The summed E-state index contributed by atoms with van der Waals surface area (Å²) in [6.07, 6.45) is 4.38. The van der Waals surface area contributed by atoms with Gasteiger partial charge in [-0.1, -0.05) is 38.3 Å². The Balaban J connectivity index is 2.65. The molecule has 1 rings (SSSR count). The van der Waals surface area contributed by atoms with Crippen molar-refractivity contribution < 1.29 is 4.39 Å². The number of nitrogens with one attached hydrogen (secondary N) is 1. The van der Waals surface area contributed by atoms with E-state index in [-0.39, 0.29) is 5.82 Å². The van der Waals surface area contributed by atoms with Crippen molar-refractivity contribution in [3.8, 4) is 0 Å². The van der Waals surface area contributed by atoms with Gasteiger partial charge in [-0.25, -0.2) is 4.39 Å². The van der Waals surface area contributed by atoms with Crippen molar-refractivity contribution in [3.05, 3.63) is 29.0 Å². The van der Waals surface area contributed by atoms with Crippen LogP contribution in [-0.2, 0) is 0 Å². The molecule has 0 saturated carbocycles. The summed E-state index contributed by atoms with van der Waals surface area (Å²) < 4.78 is 13.5. The SMILES string of the molecule is CCCCC(CC)Nc1cc(Cl)ccc1F. The molecule has 0 radical (unpaired) electrons. The highest BCUT2D eigenvalue weighted by atomic mass is 35.5. The minimum atomic E-state index is -0.237. The first-order valence-electron chi connectivity index (χ1n) is 5.89. The zero-order valence-corrected chi connectivity index (χ0v) is 10.6. The van der Waals surface area contributed by atoms with E-state index in [1.54, 1.807) is 12.1 Å². The quantitative estimate of drug-likeness (QED) is 0.752. The predicted molar refractivity (Wildman–Crippen MR) is 68.6 cm³/mol. The molecule has 16 heavy (non-hydrogen) atoms. The van der Waals surface area contributed by atoms with Crippen LogP contribution in [0, 0.1) is 5.82 Å². The van der Waals surface area contributed by atoms with E-state index in [9.17, 15) is 4.39 Å². The van der Waals surface area contributed by atoms with Gasteiger partial charge in [0.2, 0.25) is 0 Å². The summed E-state index contributed by atoms with van der Waals surface area (Å²) in [4.78, 5) is 0. The minimum absolute atomic E-state index is 0.237. The molecule has 0 bridgehead atoms. The Bertz CT molecular complexity index is 328. The number of unbranched alkanes of at least 4 members (excludes halogenated alkanes) is 1. The smallest absolute Gasteiger partial charge is 0.146 e. The monoisotopic (exact) mass is 243 g/mol. The average Bonchev–Trinajstić information content (AvgIpc) is 2.28. The molecule has 1 unspecified atom stereocenters. The van der Waals surface area contributed by atoms with E-state index in [0.717, 1.165) is 25.7 Å². The van der Waals surface area contributed by atoms with Gasteiger partial charge in [0.1, 0.15) is 5.82 Å². The summed E-state index contributed by atoms with van der Waals surface area (Å²) >= 11 is 5.84. The zero-order valence-electron chi connectivity index (χ0n) is 9.89. The van der Waals surface area contributed by atoms with Crippen molar-refractivity contribution in [2.24, 2.45) is 0 Å². The second kappa shape index (κ2) is 6.74. The molecular formula is C13H19ClFN. The Kier molecular flexibility index (Phi) is 5.61. The van der Waals surface area contributed by atoms with Gasteiger partial charge in [0.15, 0.2) is 0 Å². The van der Waals surface area contributed by atoms with Gasteiger partial charge in [0, 0.05) is 11.1 Å². The van der Waals surface area contributed by atoms with Crippen molar-refractivity contribution in [2.45, 2.75) is 45.6 Å². The fourth-order valence-electron chi connectivity index (χ4n) is 1.66. The maximum atomic E-state index is 13.5. The molecule has 0 amide bonds. The molecule has 1 atom stereocenters. The molecule has 1 nitrogen and oxygen atoms in total. The molecule has 90 valence electrons. The maximum Gasteiger partial charge on any atom is 0.146 e. The molecule has 0 aromatic heterocycles. The topological polar surface area (TPSA) is 12.0 Å².